The molecule has 2 heteroatoms. The van der Waals surface area contributed by atoms with Crippen LogP contribution in [0.1, 0.15) is 11.1 Å². The minimum Gasteiger partial charge on any atom is -0.489 e. The zero-order chi connectivity index (χ0) is 12.8. The van der Waals surface area contributed by atoms with E-state index in [-0.39, 0.29) is 0 Å². The second kappa shape index (κ2) is 6.11. The van der Waals surface area contributed by atoms with Gasteiger partial charge in [-0.25, -0.2) is 0 Å². The SMILES string of the molecule is BCc1ccc(OCC(=C)c2ccccc2)cc1. The Labute approximate surface area is 110 Å². The molecule has 2 aromatic rings. The van der Waals surface area contributed by atoms with Crippen molar-refractivity contribution in [2.45, 2.75) is 6.32 Å². The van der Waals surface area contributed by atoms with E-state index in [0.29, 0.717) is 6.61 Å². The summed E-state index contributed by atoms with van der Waals surface area (Å²) in [7, 11) is 2.15. The fraction of sp³-hybridized carbons (Fsp3) is 0.125. The van der Waals surface area contributed by atoms with Gasteiger partial charge in [-0.2, -0.15) is 0 Å². The standard InChI is InChI=1S/C16H17BO/c1-13(15-5-3-2-4-6-15)12-18-16-9-7-14(11-17)8-10-16/h2-10H,1,11-12,17H2. The normalized spacial score (nSPS) is 10.0. The Kier molecular flexibility index (Phi) is 4.24. The summed E-state index contributed by atoms with van der Waals surface area (Å²) in [5, 5.41) is 0. The fourth-order valence-corrected chi connectivity index (χ4v) is 1.75. The molecule has 0 aliphatic carbocycles. The molecule has 18 heavy (non-hydrogen) atoms. The van der Waals surface area contributed by atoms with Gasteiger partial charge in [0.15, 0.2) is 0 Å². The molecule has 0 heterocycles. The molecule has 0 saturated heterocycles. The Morgan fingerprint density at radius 3 is 2.28 bits per heavy atom. The van der Waals surface area contributed by atoms with Crippen LogP contribution in [0, 0.1) is 0 Å². The Morgan fingerprint density at radius 1 is 1.00 bits per heavy atom. The lowest BCUT2D eigenvalue weighted by molar-refractivity contribution is 0.370. The van der Waals surface area contributed by atoms with Crippen molar-refractivity contribution in [3.8, 4) is 5.75 Å². The van der Waals surface area contributed by atoms with E-state index in [1.807, 2.05) is 42.5 Å². The summed E-state index contributed by atoms with van der Waals surface area (Å²) in [4.78, 5) is 0. The van der Waals surface area contributed by atoms with Gasteiger partial charge in [0.25, 0.3) is 0 Å². The van der Waals surface area contributed by atoms with Crippen molar-refractivity contribution in [2.24, 2.45) is 0 Å². The molecule has 1 nitrogen and oxygen atoms in total. The van der Waals surface area contributed by atoms with Crippen LogP contribution in [-0.4, -0.2) is 14.5 Å². The van der Waals surface area contributed by atoms with Gasteiger partial charge in [-0.05, 0) is 23.3 Å². The number of benzene rings is 2. The number of ether oxygens (including phenoxy) is 1. The molecular weight excluding hydrogens is 219 g/mol. The van der Waals surface area contributed by atoms with Gasteiger partial charge in [-0.1, -0.05) is 60.9 Å². The van der Waals surface area contributed by atoms with Gasteiger partial charge in [-0.15, -0.1) is 0 Å². The van der Waals surface area contributed by atoms with Crippen molar-refractivity contribution < 1.29 is 4.74 Å². The van der Waals surface area contributed by atoms with Crippen LogP contribution in [0.5, 0.6) is 5.75 Å². The smallest absolute Gasteiger partial charge is 0.119 e. The van der Waals surface area contributed by atoms with Crippen LogP contribution in [-0.2, 0) is 6.32 Å². The first-order chi connectivity index (χ1) is 8.79. The summed E-state index contributed by atoms with van der Waals surface area (Å²) in [6, 6.07) is 18.3. The van der Waals surface area contributed by atoms with Crippen LogP contribution >= 0.6 is 0 Å². The van der Waals surface area contributed by atoms with Crippen molar-refractivity contribution in [2.75, 3.05) is 6.61 Å². The summed E-state index contributed by atoms with van der Waals surface area (Å²) >= 11 is 0. The Bertz CT molecular complexity index is 502. The van der Waals surface area contributed by atoms with Gasteiger partial charge < -0.3 is 4.74 Å². The van der Waals surface area contributed by atoms with E-state index in [2.05, 4.69) is 26.6 Å². The average Bonchev–Trinajstić information content (AvgIpc) is 2.46. The maximum absolute atomic E-state index is 5.72. The van der Waals surface area contributed by atoms with E-state index in [4.69, 9.17) is 4.74 Å². The highest BCUT2D eigenvalue weighted by molar-refractivity contribution is 6.08. The van der Waals surface area contributed by atoms with Crippen molar-refractivity contribution >= 4 is 13.4 Å². The summed E-state index contributed by atoms with van der Waals surface area (Å²) in [5.74, 6) is 0.893. The minimum absolute atomic E-state index is 0.523. The van der Waals surface area contributed by atoms with Crippen molar-refractivity contribution in [1.29, 1.82) is 0 Å². The van der Waals surface area contributed by atoms with E-state index in [0.717, 1.165) is 23.2 Å². The molecule has 2 rings (SSSR count). The molecule has 0 bridgehead atoms. The van der Waals surface area contributed by atoms with Gasteiger partial charge in [0.1, 0.15) is 20.2 Å². The maximum atomic E-state index is 5.72. The van der Waals surface area contributed by atoms with Crippen molar-refractivity contribution in [3.05, 3.63) is 72.3 Å². The molecule has 0 aromatic heterocycles. The highest BCUT2D eigenvalue weighted by Gasteiger charge is 1.99. The molecule has 0 atom stereocenters. The topological polar surface area (TPSA) is 9.23 Å². The predicted molar refractivity (Wildman–Crippen MR) is 79.7 cm³/mol. The monoisotopic (exact) mass is 236 g/mol. The molecule has 0 aliphatic heterocycles. The Balaban J connectivity index is 1.93. The largest absolute Gasteiger partial charge is 0.489 e. The molecule has 0 amide bonds. The summed E-state index contributed by atoms with van der Waals surface area (Å²) in [6.45, 7) is 4.57. The van der Waals surface area contributed by atoms with Crippen LogP contribution in [0.15, 0.2) is 61.2 Å². The highest BCUT2D eigenvalue weighted by Crippen LogP contribution is 2.16. The first-order valence-electron chi connectivity index (χ1n) is 6.24. The molecule has 0 saturated carbocycles. The lowest BCUT2D eigenvalue weighted by atomic mass is 9.97. The molecule has 0 aliphatic rings. The third-order valence-corrected chi connectivity index (χ3v) is 2.93. The molecule has 0 radical (unpaired) electrons. The van der Waals surface area contributed by atoms with Crippen LogP contribution in [0.25, 0.3) is 5.57 Å². The quantitative estimate of drug-likeness (QED) is 0.725. The summed E-state index contributed by atoms with van der Waals surface area (Å²) < 4.78 is 5.72. The Morgan fingerprint density at radius 2 is 1.67 bits per heavy atom. The average molecular weight is 236 g/mol. The van der Waals surface area contributed by atoms with Crippen LogP contribution in [0.3, 0.4) is 0 Å². The molecule has 0 fully saturated rings. The zero-order valence-corrected chi connectivity index (χ0v) is 10.7. The second-order valence-corrected chi connectivity index (χ2v) is 4.26. The lowest BCUT2D eigenvalue weighted by Gasteiger charge is -2.09. The van der Waals surface area contributed by atoms with E-state index in [1.165, 1.54) is 5.56 Å². The first-order valence-corrected chi connectivity index (χ1v) is 6.24. The minimum atomic E-state index is 0.523. The zero-order valence-electron chi connectivity index (χ0n) is 10.7. The highest BCUT2D eigenvalue weighted by atomic mass is 16.5. The number of hydrogen-bond donors (Lipinski definition) is 0. The molecule has 0 unspecified atom stereocenters. The number of rotatable bonds is 5. The lowest BCUT2D eigenvalue weighted by Crippen LogP contribution is -1.99. The van der Waals surface area contributed by atoms with Gasteiger partial charge in [0.2, 0.25) is 0 Å². The molecule has 0 spiro atoms. The van der Waals surface area contributed by atoms with E-state index in [9.17, 15) is 0 Å². The van der Waals surface area contributed by atoms with Crippen molar-refractivity contribution in [1.82, 2.24) is 0 Å². The van der Waals surface area contributed by atoms with Crippen LogP contribution in [0.4, 0.5) is 0 Å². The Hall–Kier alpha value is -1.96. The summed E-state index contributed by atoms with van der Waals surface area (Å²) in [6.07, 6.45) is 1.05. The van der Waals surface area contributed by atoms with Gasteiger partial charge in [0, 0.05) is 0 Å². The van der Waals surface area contributed by atoms with Crippen molar-refractivity contribution in [3.63, 3.8) is 0 Å². The molecule has 2 aromatic carbocycles. The van der Waals surface area contributed by atoms with Gasteiger partial charge in [-0.3, -0.25) is 0 Å². The van der Waals surface area contributed by atoms with E-state index in [1.54, 1.807) is 0 Å². The fourth-order valence-electron chi connectivity index (χ4n) is 1.75. The van der Waals surface area contributed by atoms with Gasteiger partial charge in [0.05, 0.1) is 0 Å². The third kappa shape index (κ3) is 3.27. The van der Waals surface area contributed by atoms with Gasteiger partial charge >= 0.3 is 0 Å². The predicted octanol–water partition coefficient (Wildman–Crippen LogP) is 2.91. The third-order valence-electron chi connectivity index (χ3n) is 2.93. The summed E-state index contributed by atoms with van der Waals surface area (Å²) in [5.41, 5.74) is 3.45. The first kappa shape index (κ1) is 12.5. The van der Waals surface area contributed by atoms with E-state index < -0.39 is 0 Å². The van der Waals surface area contributed by atoms with Crippen LogP contribution < -0.4 is 4.74 Å². The second-order valence-electron chi connectivity index (χ2n) is 4.26. The number of hydrogen-bond acceptors (Lipinski definition) is 1. The molecule has 90 valence electrons. The van der Waals surface area contributed by atoms with Crippen LogP contribution in [0.2, 0.25) is 0 Å². The molecular formula is C16H17BO. The maximum Gasteiger partial charge on any atom is 0.119 e. The molecule has 0 N–H and O–H groups in total. The van der Waals surface area contributed by atoms with E-state index >= 15 is 0 Å².